The summed E-state index contributed by atoms with van der Waals surface area (Å²) in [5, 5.41) is 21.0. The van der Waals surface area contributed by atoms with E-state index in [2.05, 4.69) is 10.2 Å². The highest BCUT2D eigenvalue weighted by Gasteiger charge is 2.13. The maximum atomic E-state index is 11.9. The van der Waals surface area contributed by atoms with Crippen molar-refractivity contribution in [2.45, 2.75) is 39.3 Å². The van der Waals surface area contributed by atoms with E-state index in [1.807, 2.05) is 19.9 Å². The highest BCUT2D eigenvalue weighted by atomic mass is 16.3. The fourth-order valence-corrected chi connectivity index (χ4v) is 2.00. The molecule has 0 aromatic heterocycles. The summed E-state index contributed by atoms with van der Waals surface area (Å²) < 4.78 is 0. The first kappa shape index (κ1) is 17.2. The van der Waals surface area contributed by atoms with E-state index >= 15 is 0 Å². The maximum Gasteiger partial charge on any atom is 0.225 e. The van der Waals surface area contributed by atoms with Crippen LogP contribution in [0.1, 0.15) is 32.8 Å². The number of nitrogens with one attached hydrogen (secondary N) is 1. The van der Waals surface area contributed by atoms with Crippen molar-refractivity contribution < 1.29 is 9.90 Å². The summed E-state index contributed by atoms with van der Waals surface area (Å²) in [5.41, 5.74) is 1.25. The second kappa shape index (κ2) is 8.40. The normalized spacial score (nSPS) is 12.2. The Morgan fingerprint density at radius 1 is 1.33 bits per heavy atom. The molecule has 0 bridgehead atoms. The quantitative estimate of drug-likeness (QED) is 0.804. The first-order valence-corrected chi connectivity index (χ1v) is 7.14. The van der Waals surface area contributed by atoms with Crippen molar-refractivity contribution in [1.82, 2.24) is 4.90 Å². The molecule has 0 radical (unpaired) electrons. The number of hydrogen-bond donors (Lipinski definition) is 2. The zero-order valence-corrected chi connectivity index (χ0v) is 12.8. The topological polar surface area (TPSA) is 76.4 Å². The lowest BCUT2D eigenvalue weighted by Gasteiger charge is -2.27. The van der Waals surface area contributed by atoms with Gasteiger partial charge in [0.05, 0.1) is 17.7 Å². The van der Waals surface area contributed by atoms with Gasteiger partial charge in [0, 0.05) is 31.2 Å². The third kappa shape index (κ3) is 6.39. The van der Waals surface area contributed by atoms with Crippen molar-refractivity contribution in [2.75, 3.05) is 18.4 Å². The highest BCUT2D eigenvalue weighted by Crippen LogP contribution is 2.09. The molecule has 0 fully saturated rings. The largest absolute Gasteiger partial charge is 0.392 e. The average molecular weight is 289 g/mol. The van der Waals surface area contributed by atoms with E-state index in [0.29, 0.717) is 30.8 Å². The number of amides is 1. The molecule has 1 unspecified atom stereocenters. The number of nitrogens with zero attached hydrogens (tertiary/aromatic N) is 2. The van der Waals surface area contributed by atoms with Crippen LogP contribution in [0.5, 0.6) is 0 Å². The zero-order valence-electron chi connectivity index (χ0n) is 12.8. The van der Waals surface area contributed by atoms with E-state index in [1.54, 1.807) is 31.2 Å². The average Bonchev–Trinajstić information content (AvgIpc) is 2.43. The van der Waals surface area contributed by atoms with Crippen molar-refractivity contribution in [1.29, 1.82) is 5.26 Å². The Kier molecular flexibility index (Phi) is 6.86. The van der Waals surface area contributed by atoms with E-state index in [1.165, 1.54) is 0 Å². The van der Waals surface area contributed by atoms with Crippen LogP contribution < -0.4 is 5.32 Å². The van der Waals surface area contributed by atoms with Crippen LogP contribution in [-0.4, -0.2) is 41.1 Å². The maximum absolute atomic E-state index is 11.9. The first-order chi connectivity index (χ1) is 9.92. The minimum Gasteiger partial charge on any atom is -0.392 e. The predicted octanol–water partition coefficient (Wildman–Crippen LogP) is 1.98. The summed E-state index contributed by atoms with van der Waals surface area (Å²) in [6, 6.07) is 9.08. The molecule has 0 spiro atoms. The standard InChI is InChI=1S/C16H23N3O2/c1-12(2)19(11-13(3)20)9-8-16(21)18-15-6-4-14(10-17)5-7-15/h4-7,12-13,20H,8-9,11H2,1-3H3,(H,18,21). The minimum atomic E-state index is -0.408. The molecule has 5 nitrogen and oxygen atoms in total. The summed E-state index contributed by atoms with van der Waals surface area (Å²) in [4.78, 5) is 14.0. The smallest absolute Gasteiger partial charge is 0.225 e. The molecule has 1 amide bonds. The monoisotopic (exact) mass is 289 g/mol. The van der Waals surface area contributed by atoms with Gasteiger partial charge < -0.3 is 10.4 Å². The van der Waals surface area contributed by atoms with Crippen molar-refractivity contribution in [3.8, 4) is 6.07 Å². The Labute approximate surface area is 126 Å². The molecule has 0 saturated carbocycles. The number of nitriles is 1. The third-order valence-corrected chi connectivity index (χ3v) is 3.15. The van der Waals surface area contributed by atoms with Gasteiger partial charge in [-0.15, -0.1) is 0 Å². The van der Waals surface area contributed by atoms with Gasteiger partial charge in [-0.25, -0.2) is 0 Å². The van der Waals surface area contributed by atoms with Gasteiger partial charge in [-0.05, 0) is 45.0 Å². The van der Waals surface area contributed by atoms with E-state index in [0.717, 1.165) is 0 Å². The Hall–Kier alpha value is -1.90. The van der Waals surface area contributed by atoms with Crippen LogP contribution >= 0.6 is 0 Å². The third-order valence-electron chi connectivity index (χ3n) is 3.15. The number of hydrogen-bond acceptors (Lipinski definition) is 4. The lowest BCUT2D eigenvalue weighted by atomic mass is 10.2. The molecule has 0 aliphatic heterocycles. The molecule has 2 N–H and O–H groups in total. The van der Waals surface area contributed by atoms with Gasteiger partial charge in [-0.1, -0.05) is 0 Å². The van der Waals surface area contributed by atoms with Crippen molar-refractivity contribution in [2.24, 2.45) is 0 Å². The van der Waals surface area contributed by atoms with Crippen LogP contribution in [-0.2, 0) is 4.79 Å². The summed E-state index contributed by atoms with van der Waals surface area (Å²) in [6.07, 6.45) is -0.0424. The number of carbonyl (C=O) groups excluding carboxylic acids is 1. The van der Waals surface area contributed by atoms with Crippen molar-refractivity contribution >= 4 is 11.6 Å². The van der Waals surface area contributed by atoms with Crippen molar-refractivity contribution in [3.63, 3.8) is 0 Å². The Morgan fingerprint density at radius 2 is 1.95 bits per heavy atom. The van der Waals surface area contributed by atoms with Gasteiger partial charge in [0.1, 0.15) is 0 Å². The molecule has 0 saturated heterocycles. The molecular formula is C16H23N3O2. The van der Waals surface area contributed by atoms with Crippen LogP contribution in [0.4, 0.5) is 5.69 Å². The molecule has 1 rings (SSSR count). The molecule has 1 aromatic carbocycles. The molecule has 114 valence electrons. The second-order valence-electron chi connectivity index (χ2n) is 5.43. The number of aliphatic hydroxyl groups is 1. The fraction of sp³-hybridized carbons (Fsp3) is 0.500. The van der Waals surface area contributed by atoms with Crippen LogP contribution in [0.3, 0.4) is 0 Å². The summed E-state index contributed by atoms with van der Waals surface area (Å²) in [5.74, 6) is -0.0732. The van der Waals surface area contributed by atoms with Crippen LogP contribution in [0, 0.1) is 11.3 Å². The van der Waals surface area contributed by atoms with Gasteiger partial charge >= 0.3 is 0 Å². The number of aliphatic hydroxyl groups excluding tert-OH is 1. The number of benzene rings is 1. The number of carbonyl (C=O) groups is 1. The lowest BCUT2D eigenvalue weighted by Crippen LogP contribution is -2.38. The van der Waals surface area contributed by atoms with E-state index in [4.69, 9.17) is 5.26 Å². The summed E-state index contributed by atoms with van der Waals surface area (Å²) in [6.45, 7) is 6.99. The summed E-state index contributed by atoms with van der Waals surface area (Å²) in [7, 11) is 0. The van der Waals surface area contributed by atoms with E-state index in [-0.39, 0.29) is 11.9 Å². The van der Waals surface area contributed by atoms with Crippen LogP contribution in [0.15, 0.2) is 24.3 Å². The van der Waals surface area contributed by atoms with Crippen LogP contribution in [0.2, 0.25) is 0 Å². The van der Waals surface area contributed by atoms with Gasteiger partial charge in [0.15, 0.2) is 0 Å². The van der Waals surface area contributed by atoms with Gasteiger partial charge in [-0.2, -0.15) is 5.26 Å². The number of rotatable bonds is 7. The minimum absolute atomic E-state index is 0.0732. The SMILES string of the molecule is CC(O)CN(CCC(=O)Nc1ccc(C#N)cc1)C(C)C. The first-order valence-electron chi connectivity index (χ1n) is 7.14. The van der Waals surface area contributed by atoms with Gasteiger partial charge in [-0.3, -0.25) is 9.69 Å². The lowest BCUT2D eigenvalue weighted by molar-refractivity contribution is -0.116. The van der Waals surface area contributed by atoms with E-state index < -0.39 is 6.10 Å². The highest BCUT2D eigenvalue weighted by molar-refractivity contribution is 5.90. The molecule has 5 heteroatoms. The predicted molar refractivity (Wildman–Crippen MR) is 82.8 cm³/mol. The Morgan fingerprint density at radius 3 is 2.43 bits per heavy atom. The molecule has 1 aromatic rings. The number of anilines is 1. The second-order valence-corrected chi connectivity index (χ2v) is 5.43. The Bertz CT molecular complexity index is 489. The molecule has 0 aliphatic carbocycles. The molecule has 21 heavy (non-hydrogen) atoms. The molecule has 0 heterocycles. The van der Waals surface area contributed by atoms with Crippen LogP contribution in [0.25, 0.3) is 0 Å². The molecule has 1 atom stereocenters. The molecular weight excluding hydrogens is 266 g/mol. The van der Waals surface area contributed by atoms with Gasteiger partial charge in [0.25, 0.3) is 0 Å². The Balaban J connectivity index is 2.47. The van der Waals surface area contributed by atoms with Crippen molar-refractivity contribution in [3.05, 3.63) is 29.8 Å². The zero-order chi connectivity index (χ0) is 15.8. The molecule has 0 aliphatic rings. The fourth-order valence-electron chi connectivity index (χ4n) is 2.00. The van der Waals surface area contributed by atoms with E-state index in [9.17, 15) is 9.90 Å². The summed E-state index contributed by atoms with van der Waals surface area (Å²) >= 11 is 0. The van der Waals surface area contributed by atoms with Gasteiger partial charge in [0.2, 0.25) is 5.91 Å².